The number of nitrogens with zero attached hydrogens (tertiary/aromatic N) is 4. The third-order valence-corrected chi connectivity index (χ3v) is 3.91. The van der Waals surface area contributed by atoms with E-state index in [2.05, 4.69) is 15.1 Å². The van der Waals surface area contributed by atoms with E-state index in [0.29, 0.717) is 11.2 Å². The second-order valence-electron chi connectivity index (χ2n) is 5.47. The number of hydrogen-bond donors (Lipinski definition) is 0. The zero-order valence-corrected chi connectivity index (χ0v) is 14.1. The lowest BCUT2D eigenvalue weighted by Gasteiger charge is -2.11. The fourth-order valence-electron chi connectivity index (χ4n) is 2.38. The first-order valence-electron chi connectivity index (χ1n) is 7.24. The Balaban J connectivity index is 2.25. The molecule has 1 unspecified atom stereocenters. The maximum Gasteiger partial charge on any atom is 0.287 e. The Labute approximate surface area is 142 Å². The minimum atomic E-state index is -3.04. The number of pyridine rings is 2. The number of methoxy groups -OCH3 is 1. The van der Waals surface area contributed by atoms with Gasteiger partial charge in [0, 0.05) is 31.7 Å². The topological polar surface area (TPSA) is 52.8 Å². The molecule has 8 heteroatoms. The van der Waals surface area contributed by atoms with Crippen LogP contribution in [0.15, 0.2) is 30.5 Å². The monoisotopic (exact) mass is 352 g/mol. The van der Waals surface area contributed by atoms with Gasteiger partial charge in [-0.3, -0.25) is 0 Å². The molecule has 0 fully saturated rings. The molecule has 0 saturated heterocycles. The van der Waals surface area contributed by atoms with Crippen LogP contribution in [-0.4, -0.2) is 26.9 Å². The third-order valence-electron chi connectivity index (χ3n) is 3.70. The van der Waals surface area contributed by atoms with Crippen LogP contribution in [0.1, 0.15) is 31.3 Å². The van der Waals surface area contributed by atoms with Gasteiger partial charge in [-0.1, -0.05) is 17.7 Å². The van der Waals surface area contributed by atoms with Gasteiger partial charge >= 0.3 is 0 Å². The zero-order chi connectivity index (χ0) is 17.5. The molecule has 3 aromatic rings. The Hall–Kier alpha value is -2.12. The molecule has 126 valence electrons. The highest BCUT2D eigenvalue weighted by atomic mass is 35.5. The summed E-state index contributed by atoms with van der Waals surface area (Å²) in [5, 5.41) is 5.48. The lowest BCUT2D eigenvalue weighted by Crippen LogP contribution is -2.12. The number of fused-ring (bicyclic) bond motifs is 1. The van der Waals surface area contributed by atoms with Gasteiger partial charge in [-0.2, -0.15) is 13.9 Å². The van der Waals surface area contributed by atoms with Crippen LogP contribution < -0.4 is 0 Å². The predicted molar refractivity (Wildman–Crippen MR) is 86.7 cm³/mol. The van der Waals surface area contributed by atoms with Crippen LogP contribution >= 0.6 is 11.6 Å². The summed E-state index contributed by atoms with van der Waals surface area (Å²) in [7, 11) is 1.56. The normalized spacial score (nSPS) is 13.4. The third kappa shape index (κ3) is 2.97. The highest BCUT2D eigenvalue weighted by Gasteiger charge is 2.27. The number of ether oxygens (including phenoxy) is 1. The van der Waals surface area contributed by atoms with Crippen molar-refractivity contribution in [3.63, 3.8) is 0 Å². The summed E-state index contributed by atoms with van der Waals surface area (Å²) < 4.78 is 33.9. The summed E-state index contributed by atoms with van der Waals surface area (Å²) in [4.78, 5) is 8.10. The van der Waals surface area contributed by atoms with Crippen molar-refractivity contribution in [3.05, 3.63) is 47.0 Å². The highest BCUT2D eigenvalue weighted by Crippen LogP contribution is 2.30. The minimum Gasteiger partial charge on any atom is -0.375 e. The van der Waals surface area contributed by atoms with Crippen LogP contribution in [0, 0.1) is 0 Å². The molecule has 3 rings (SSSR count). The molecule has 0 spiro atoms. The molecule has 1 atom stereocenters. The van der Waals surface area contributed by atoms with Crippen molar-refractivity contribution < 1.29 is 13.5 Å². The molecular weight excluding hydrogens is 338 g/mol. The Morgan fingerprint density at radius 1 is 1.33 bits per heavy atom. The maximum atomic E-state index is 13.6. The van der Waals surface area contributed by atoms with Gasteiger partial charge in [-0.05, 0) is 19.1 Å². The smallest absolute Gasteiger partial charge is 0.287 e. The van der Waals surface area contributed by atoms with Gasteiger partial charge in [-0.15, -0.1) is 0 Å². The van der Waals surface area contributed by atoms with E-state index in [4.69, 9.17) is 16.3 Å². The van der Waals surface area contributed by atoms with E-state index in [1.165, 1.54) is 16.8 Å². The molecule has 0 N–H and O–H groups in total. The average Bonchev–Trinajstić information content (AvgIpc) is 2.92. The molecule has 24 heavy (non-hydrogen) atoms. The SMILES string of the molecule is COC(C)c1nn(-c2cccc(C(C)(F)F)n2)c2cc(Cl)ncc12. The van der Waals surface area contributed by atoms with Crippen LogP contribution in [0.25, 0.3) is 16.7 Å². The van der Waals surface area contributed by atoms with Gasteiger partial charge in [-0.25, -0.2) is 14.6 Å². The first kappa shape index (κ1) is 16.7. The van der Waals surface area contributed by atoms with Gasteiger partial charge < -0.3 is 4.74 Å². The average molecular weight is 353 g/mol. The zero-order valence-electron chi connectivity index (χ0n) is 13.3. The van der Waals surface area contributed by atoms with E-state index < -0.39 is 5.92 Å². The fraction of sp³-hybridized carbons (Fsp3) is 0.312. The molecule has 3 heterocycles. The lowest BCUT2D eigenvalue weighted by molar-refractivity contribution is 0.0127. The number of rotatable bonds is 4. The molecule has 0 bridgehead atoms. The highest BCUT2D eigenvalue weighted by molar-refractivity contribution is 6.30. The van der Waals surface area contributed by atoms with Crippen LogP contribution in [-0.2, 0) is 10.7 Å². The molecule has 0 aliphatic heterocycles. The van der Waals surface area contributed by atoms with E-state index in [0.717, 1.165) is 12.3 Å². The number of alkyl halides is 2. The second-order valence-corrected chi connectivity index (χ2v) is 5.86. The Bertz CT molecular complexity index is 891. The maximum absolute atomic E-state index is 13.6. The van der Waals surface area contributed by atoms with Gasteiger partial charge in [0.1, 0.15) is 16.5 Å². The van der Waals surface area contributed by atoms with Crippen LogP contribution in [0.3, 0.4) is 0 Å². The van der Waals surface area contributed by atoms with Crippen molar-refractivity contribution in [2.45, 2.75) is 25.9 Å². The standard InChI is InChI=1S/C16H15ClF2N4O/c1-9(24-3)15-10-8-20-13(17)7-11(10)23(22-15)14-6-4-5-12(21-14)16(2,18)19/h4-9H,1-3H3. The summed E-state index contributed by atoms with van der Waals surface area (Å²) >= 11 is 5.98. The molecule has 0 saturated carbocycles. The molecule has 0 amide bonds. The van der Waals surface area contributed by atoms with E-state index in [9.17, 15) is 8.78 Å². The van der Waals surface area contributed by atoms with Crippen molar-refractivity contribution in [1.82, 2.24) is 19.7 Å². The van der Waals surface area contributed by atoms with Crippen molar-refractivity contribution in [1.29, 1.82) is 0 Å². The summed E-state index contributed by atoms with van der Waals surface area (Å²) in [5.74, 6) is -2.77. The Morgan fingerprint density at radius 2 is 2.08 bits per heavy atom. The van der Waals surface area contributed by atoms with E-state index in [1.807, 2.05) is 6.92 Å². The fourth-order valence-corrected chi connectivity index (χ4v) is 2.53. The van der Waals surface area contributed by atoms with Gasteiger partial charge in [0.05, 0.1) is 11.6 Å². The second kappa shape index (κ2) is 6.07. The molecule has 0 aromatic carbocycles. The number of halogens is 3. The Kier molecular flexibility index (Phi) is 4.23. The van der Waals surface area contributed by atoms with Crippen LogP contribution in [0.2, 0.25) is 5.15 Å². The number of hydrogen-bond acceptors (Lipinski definition) is 4. The summed E-state index contributed by atoms with van der Waals surface area (Å²) in [6.45, 7) is 2.64. The lowest BCUT2D eigenvalue weighted by atomic mass is 10.2. The van der Waals surface area contributed by atoms with Crippen molar-refractivity contribution in [2.75, 3.05) is 7.11 Å². The van der Waals surface area contributed by atoms with Crippen molar-refractivity contribution in [3.8, 4) is 5.82 Å². The minimum absolute atomic E-state index is 0.274. The van der Waals surface area contributed by atoms with Gasteiger partial charge in [0.25, 0.3) is 5.92 Å². The Morgan fingerprint density at radius 3 is 2.75 bits per heavy atom. The molecule has 0 radical (unpaired) electrons. The van der Waals surface area contributed by atoms with Crippen LogP contribution in [0.4, 0.5) is 8.78 Å². The van der Waals surface area contributed by atoms with E-state index >= 15 is 0 Å². The van der Waals surface area contributed by atoms with E-state index in [-0.39, 0.29) is 22.8 Å². The van der Waals surface area contributed by atoms with Gasteiger partial charge in [0.15, 0.2) is 5.82 Å². The van der Waals surface area contributed by atoms with Crippen LogP contribution in [0.5, 0.6) is 0 Å². The first-order valence-corrected chi connectivity index (χ1v) is 7.61. The largest absolute Gasteiger partial charge is 0.375 e. The quantitative estimate of drug-likeness (QED) is 0.657. The van der Waals surface area contributed by atoms with Gasteiger partial charge in [0.2, 0.25) is 0 Å². The molecule has 3 aromatic heterocycles. The summed E-state index contributed by atoms with van der Waals surface area (Å²) in [6, 6.07) is 6.03. The van der Waals surface area contributed by atoms with E-state index in [1.54, 1.807) is 25.4 Å². The summed E-state index contributed by atoms with van der Waals surface area (Å²) in [5.41, 5.74) is 0.926. The number of aromatic nitrogens is 4. The molecular formula is C16H15ClF2N4O. The first-order chi connectivity index (χ1) is 11.3. The predicted octanol–water partition coefficient (Wildman–Crippen LogP) is 4.29. The molecule has 0 aliphatic rings. The summed E-state index contributed by atoms with van der Waals surface area (Å²) in [6.07, 6.45) is 1.29. The van der Waals surface area contributed by atoms with Crippen molar-refractivity contribution >= 4 is 22.5 Å². The molecule has 5 nitrogen and oxygen atoms in total. The molecule has 0 aliphatic carbocycles. The van der Waals surface area contributed by atoms with Crippen molar-refractivity contribution in [2.24, 2.45) is 0 Å².